The molecule has 0 spiro atoms. The quantitative estimate of drug-likeness (QED) is 0.776. The predicted molar refractivity (Wildman–Crippen MR) is 101 cm³/mol. The minimum atomic E-state index is -0.408. The molecule has 0 bridgehead atoms. The van der Waals surface area contributed by atoms with Gasteiger partial charge in [0.05, 0.1) is 7.11 Å². The van der Waals surface area contributed by atoms with Gasteiger partial charge in [-0.05, 0) is 31.9 Å². The highest BCUT2D eigenvalue weighted by Gasteiger charge is 2.16. The normalized spacial score (nSPS) is 15.3. The second-order valence-electron chi connectivity index (χ2n) is 6.51. The largest absolute Gasteiger partial charge is 0.494 e. The van der Waals surface area contributed by atoms with Crippen molar-refractivity contribution in [1.29, 1.82) is 0 Å². The van der Waals surface area contributed by atoms with E-state index in [9.17, 15) is 4.39 Å². The van der Waals surface area contributed by atoms with Crippen LogP contribution >= 0.6 is 0 Å². The van der Waals surface area contributed by atoms with Gasteiger partial charge in [0.2, 0.25) is 11.9 Å². The molecule has 0 unspecified atom stereocenters. The summed E-state index contributed by atoms with van der Waals surface area (Å²) in [6.45, 7) is 2.59. The van der Waals surface area contributed by atoms with Crippen molar-refractivity contribution in [3.8, 4) is 5.75 Å². The van der Waals surface area contributed by atoms with E-state index < -0.39 is 5.82 Å². The number of methoxy groups -OCH3 is 1. The first-order chi connectivity index (χ1) is 12.7. The fourth-order valence-electron chi connectivity index (χ4n) is 3.36. The fourth-order valence-corrected chi connectivity index (χ4v) is 3.36. The Labute approximate surface area is 153 Å². The Balaban J connectivity index is 1.79. The first-order valence-electron chi connectivity index (χ1n) is 9.28. The Bertz CT molecular complexity index is 719. The Morgan fingerprint density at radius 3 is 2.62 bits per heavy atom. The van der Waals surface area contributed by atoms with Gasteiger partial charge in [-0.15, -0.1) is 0 Å². The molecule has 1 aromatic heterocycles. The number of hydrogen-bond acceptors (Lipinski definition) is 6. The average molecular weight is 359 g/mol. The molecule has 1 N–H and O–H groups in total. The number of ether oxygens (including phenoxy) is 1. The number of hydrogen-bond donors (Lipinski definition) is 1. The summed E-state index contributed by atoms with van der Waals surface area (Å²) in [4.78, 5) is 15.0. The number of anilines is 3. The lowest BCUT2D eigenvalue weighted by Crippen LogP contribution is -2.23. The zero-order valence-corrected chi connectivity index (χ0v) is 15.4. The molecule has 0 amide bonds. The van der Waals surface area contributed by atoms with E-state index in [4.69, 9.17) is 4.74 Å². The summed E-state index contributed by atoms with van der Waals surface area (Å²) in [5.41, 5.74) is 0.678. The van der Waals surface area contributed by atoms with E-state index in [0.29, 0.717) is 30.2 Å². The van der Waals surface area contributed by atoms with Crippen molar-refractivity contribution in [1.82, 2.24) is 15.0 Å². The maximum atomic E-state index is 14.1. The van der Waals surface area contributed by atoms with Crippen LogP contribution in [0.4, 0.5) is 22.0 Å². The lowest BCUT2D eigenvalue weighted by atomic mass is 10.1. The third-order valence-electron chi connectivity index (χ3n) is 4.75. The van der Waals surface area contributed by atoms with Gasteiger partial charge in [0.1, 0.15) is 6.33 Å². The maximum Gasteiger partial charge on any atom is 0.234 e. The van der Waals surface area contributed by atoms with Crippen LogP contribution in [0.2, 0.25) is 0 Å². The number of rotatable bonds is 6. The molecule has 2 aromatic rings. The van der Waals surface area contributed by atoms with Crippen LogP contribution in [0, 0.1) is 5.82 Å². The van der Waals surface area contributed by atoms with Gasteiger partial charge < -0.3 is 15.0 Å². The molecular formula is C19H26FN5O. The van der Waals surface area contributed by atoms with Gasteiger partial charge in [-0.1, -0.05) is 25.7 Å². The van der Waals surface area contributed by atoms with Crippen molar-refractivity contribution in [2.24, 2.45) is 0 Å². The van der Waals surface area contributed by atoms with Gasteiger partial charge in [-0.3, -0.25) is 0 Å². The third-order valence-corrected chi connectivity index (χ3v) is 4.75. The highest BCUT2D eigenvalue weighted by atomic mass is 19.1. The highest BCUT2D eigenvalue weighted by molar-refractivity contribution is 5.59. The lowest BCUT2D eigenvalue weighted by Gasteiger charge is -2.22. The third kappa shape index (κ3) is 4.39. The Hall–Kier alpha value is -2.44. The van der Waals surface area contributed by atoms with Gasteiger partial charge in [-0.25, -0.2) is 14.4 Å². The smallest absolute Gasteiger partial charge is 0.234 e. The molecule has 1 heterocycles. The molecule has 140 valence electrons. The van der Waals surface area contributed by atoms with Crippen molar-refractivity contribution >= 4 is 17.6 Å². The summed E-state index contributed by atoms with van der Waals surface area (Å²) in [5.74, 6) is 0.892. The number of nitrogens with one attached hydrogen (secondary N) is 1. The minimum absolute atomic E-state index is 0.219. The highest BCUT2D eigenvalue weighted by Crippen LogP contribution is 2.27. The molecule has 1 fully saturated rings. The molecule has 0 saturated heterocycles. The zero-order chi connectivity index (χ0) is 18.4. The maximum absolute atomic E-state index is 14.1. The van der Waals surface area contributed by atoms with Crippen LogP contribution in [0.25, 0.3) is 0 Å². The predicted octanol–water partition coefficient (Wildman–Crippen LogP) is 4.31. The van der Waals surface area contributed by atoms with Crippen molar-refractivity contribution in [3.63, 3.8) is 0 Å². The van der Waals surface area contributed by atoms with Gasteiger partial charge in [0.15, 0.2) is 11.6 Å². The van der Waals surface area contributed by atoms with E-state index >= 15 is 0 Å². The van der Waals surface area contributed by atoms with Gasteiger partial charge in [-0.2, -0.15) is 4.98 Å². The fraction of sp³-hybridized carbons (Fsp3) is 0.526. The molecule has 6 nitrogen and oxygen atoms in total. The Kier molecular flexibility index (Phi) is 6.20. The number of halogens is 1. The summed E-state index contributed by atoms with van der Waals surface area (Å²) >= 11 is 0. The van der Waals surface area contributed by atoms with E-state index in [0.717, 1.165) is 12.8 Å². The van der Waals surface area contributed by atoms with Crippen molar-refractivity contribution in [3.05, 3.63) is 30.3 Å². The Morgan fingerprint density at radius 1 is 1.19 bits per heavy atom. The lowest BCUT2D eigenvalue weighted by molar-refractivity contribution is 0.386. The number of benzene rings is 1. The van der Waals surface area contributed by atoms with Crippen LogP contribution in [0.1, 0.15) is 45.4 Å². The molecular weight excluding hydrogens is 333 g/mol. The molecule has 1 aromatic carbocycles. The van der Waals surface area contributed by atoms with Gasteiger partial charge in [0, 0.05) is 24.3 Å². The SMILES string of the molecule is CCN(c1ccc(OC)c(F)c1)c1ncnc(NC2CCCCCC2)n1. The van der Waals surface area contributed by atoms with E-state index in [1.54, 1.807) is 12.1 Å². The van der Waals surface area contributed by atoms with Crippen LogP contribution in [0.3, 0.4) is 0 Å². The Morgan fingerprint density at radius 2 is 1.96 bits per heavy atom. The van der Waals surface area contributed by atoms with Crippen molar-refractivity contribution in [2.45, 2.75) is 51.5 Å². The van der Waals surface area contributed by atoms with Crippen LogP contribution in [0.5, 0.6) is 5.75 Å². The van der Waals surface area contributed by atoms with Crippen LogP contribution in [-0.4, -0.2) is 34.6 Å². The summed E-state index contributed by atoms with van der Waals surface area (Å²) in [6, 6.07) is 5.25. The van der Waals surface area contributed by atoms with Gasteiger partial charge >= 0.3 is 0 Å². The summed E-state index contributed by atoms with van der Waals surface area (Å²) in [5, 5.41) is 3.44. The summed E-state index contributed by atoms with van der Waals surface area (Å²) in [6.07, 6.45) is 8.86. The van der Waals surface area contributed by atoms with Gasteiger partial charge in [0.25, 0.3) is 0 Å². The first kappa shape index (κ1) is 18.4. The standard InChI is InChI=1S/C19H26FN5O/c1-3-25(15-10-11-17(26-2)16(20)12-15)19-22-13-21-18(24-19)23-14-8-6-4-5-7-9-14/h10-14H,3-9H2,1-2H3,(H,21,22,23,24). The van der Waals surface area contributed by atoms with Crippen LogP contribution < -0.4 is 15.0 Å². The van der Waals surface area contributed by atoms with Crippen molar-refractivity contribution in [2.75, 3.05) is 23.9 Å². The van der Waals surface area contributed by atoms with E-state index in [1.807, 2.05) is 11.8 Å². The monoisotopic (exact) mass is 359 g/mol. The summed E-state index contributed by atoms with van der Waals surface area (Å²) < 4.78 is 19.1. The molecule has 0 radical (unpaired) electrons. The van der Waals surface area contributed by atoms with E-state index in [1.165, 1.54) is 45.2 Å². The summed E-state index contributed by atoms with van der Waals surface area (Å²) in [7, 11) is 1.45. The molecule has 0 atom stereocenters. The molecule has 3 rings (SSSR count). The second-order valence-corrected chi connectivity index (χ2v) is 6.51. The minimum Gasteiger partial charge on any atom is -0.494 e. The van der Waals surface area contributed by atoms with Crippen molar-refractivity contribution < 1.29 is 9.13 Å². The second kappa shape index (κ2) is 8.78. The molecule has 7 heteroatoms. The molecule has 1 aliphatic carbocycles. The van der Waals surface area contributed by atoms with E-state index in [-0.39, 0.29) is 5.75 Å². The number of nitrogens with zero attached hydrogens (tertiary/aromatic N) is 4. The first-order valence-corrected chi connectivity index (χ1v) is 9.28. The average Bonchev–Trinajstić information content (AvgIpc) is 2.92. The molecule has 1 saturated carbocycles. The number of aromatic nitrogens is 3. The zero-order valence-electron chi connectivity index (χ0n) is 15.4. The topological polar surface area (TPSA) is 63.2 Å². The van der Waals surface area contributed by atoms with Crippen LogP contribution in [-0.2, 0) is 0 Å². The molecule has 0 aliphatic heterocycles. The van der Waals surface area contributed by atoms with E-state index in [2.05, 4.69) is 20.3 Å². The van der Waals surface area contributed by atoms with Crippen LogP contribution in [0.15, 0.2) is 24.5 Å². The molecule has 1 aliphatic rings. The molecule has 26 heavy (non-hydrogen) atoms.